The van der Waals surface area contributed by atoms with Crippen LogP contribution in [0.15, 0.2) is 42.5 Å². The average molecular weight is 395 g/mol. The van der Waals surface area contributed by atoms with Gasteiger partial charge in [-0.15, -0.1) is 0 Å². The number of amides is 3. The first-order chi connectivity index (χ1) is 14.1. The Balaban J connectivity index is 1.46. The van der Waals surface area contributed by atoms with Gasteiger partial charge in [-0.05, 0) is 36.6 Å². The van der Waals surface area contributed by atoms with E-state index in [9.17, 15) is 9.59 Å². The summed E-state index contributed by atoms with van der Waals surface area (Å²) in [7, 11) is 3.13. The van der Waals surface area contributed by atoms with E-state index in [1.54, 1.807) is 36.2 Å². The molecule has 3 amide bonds. The molecule has 7 heteroatoms. The predicted octanol–water partition coefficient (Wildman–Crippen LogP) is 2.97. The summed E-state index contributed by atoms with van der Waals surface area (Å²) in [4.78, 5) is 28.9. The van der Waals surface area contributed by atoms with Gasteiger partial charge in [-0.3, -0.25) is 9.69 Å². The van der Waals surface area contributed by atoms with Crippen LogP contribution in [0.1, 0.15) is 18.4 Å². The molecule has 0 radical (unpaired) electrons. The molecule has 0 spiro atoms. The highest BCUT2D eigenvalue weighted by molar-refractivity contribution is 5.98. The molecule has 0 aromatic heterocycles. The third kappa shape index (κ3) is 3.72. The van der Waals surface area contributed by atoms with Crippen LogP contribution >= 0.6 is 0 Å². The molecule has 0 unspecified atom stereocenters. The first kappa shape index (κ1) is 19.1. The zero-order chi connectivity index (χ0) is 20.4. The Labute approximate surface area is 170 Å². The van der Waals surface area contributed by atoms with Crippen LogP contribution in [0, 0.1) is 0 Å². The Morgan fingerprint density at radius 2 is 1.90 bits per heavy atom. The van der Waals surface area contributed by atoms with E-state index in [2.05, 4.69) is 11.4 Å². The van der Waals surface area contributed by atoms with Gasteiger partial charge >= 0.3 is 6.03 Å². The summed E-state index contributed by atoms with van der Waals surface area (Å²) < 4.78 is 10.6. The summed E-state index contributed by atoms with van der Waals surface area (Å²) in [5, 5.41) is 3.04. The van der Waals surface area contributed by atoms with Gasteiger partial charge in [0.2, 0.25) is 5.91 Å². The molecule has 29 heavy (non-hydrogen) atoms. The van der Waals surface area contributed by atoms with Gasteiger partial charge in [-0.1, -0.05) is 18.2 Å². The van der Waals surface area contributed by atoms with Gasteiger partial charge in [0, 0.05) is 37.0 Å². The lowest BCUT2D eigenvalue weighted by molar-refractivity contribution is -0.117. The number of fused-ring (bicyclic) bond motifs is 1. The second kappa shape index (κ2) is 8.03. The van der Waals surface area contributed by atoms with Crippen molar-refractivity contribution in [1.29, 1.82) is 0 Å². The first-order valence-electron chi connectivity index (χ1n) is 9.79. The number of carbonyl (C=O) groups is 2. The van der Waals surface area contributed by atoms with Gasteiger partial charge in [-0.2, -0.15) is 0 Å². The zero-order valence-electron chi connectivity index (χ0n) is 16.7. The zero-order valence-corrected chi connectivity index (χ0v) is 16.7. The number of nitrogens with zero attached hydrogens (tertiary/aromatic N) is 2. The molecule has 4 rings (SSSR count). The Morgan fingerprint density at radius 3 is 2.69 bits per heavy atom. The number of urea groups is 1. The molecule has 2 aliphatic heterocycles. The number of nitrogens with one attached hydrogen (secondary N) is 1. The SMILES string of the molecule is COc1ccc(N2C[C@@H](NC(=O)N3CCCc4ccccc43)CC2=O)cc1OC. The van der Waals surface area contributed by atoms with E-state index in [0.717, 1.165) is 24.2 Å². The first-order valence-corrected chi connectivity index (χ1v) is 9.79. The van der Waals surface area contributed by atoms with Crippen LogP contribution in [0.4, 0.5) is 16.2 Å². The number of ether oxygens (including phenoxy) is 2. The van der Waals surface area contributed by atoms with Crippen LogP contribution in [0.25, 0.3) is 0 Å². The van der Waals surface area contributed by atoms with Crippen molar-refractivity contribution in [3.8, 4) is 11.5 Å². The van der Waals surface area contributed by atoms with Gasteiger partial charge in [0.25, 0.3) is 0 Å². The molecule has 0 bridgehead atoms. The maximum atomic E-state index is 12.9. The van der Waals surface area contributed by atoms with Crippen molar-refractivity contribution in [1.82, 2.24) is 5.32 Å². The summed E-state index contributed by atoms with van der Waals surface area (Å²) in [6, 6.07) is 13.0. The van der Waals surface area contributed by atoms with Crippen molar-refractivity contribution in [2.45, 2.75) is 25.3 Å². The number of benzene rings is 2. The number of carbonyl (C=O) groups excluding carboxylic acids is 2. The summed E-state index contributed by atoms with van der Waals surface area (Å²) in [6.45, 7) is 1.11. The van der Waals surface area contributed by atoms with E-state index >= 15 is 0 Å². The van der Waals surface area contributed by atoms with Crippen molar-refractivity contribution in [3.63, 3.8) is 0 Å². The predicted molar refractivity (Wildman–Crippen MR) is 111 cm³/mol. The molecule has 2 aromatic carbocycles. The number of anilines is 2. The minimum atomic E-state index is -0.239. The van der Waals surface area contributed by atoms with Crippen LogP contribution in [-0.4, -0.2) is 45.3 Å². The number of hydrogen-bond acceptors (Lipinski definition) is 4. The number of methoxy groups -OCH3 is 2. The highest BCUT2D eigenvalue weighted by Crippen LogP contribution is 2.33. The normalized spacial score (nSPS) is 18.4. The molecular weight excluding hydrogens is 370 g/mol. The van der Waals surface area contributed by atoms with Gasteiger partial charge in [0.1, 0.15) is 0 Å². The Morgan fingerprint density at radius 1 is 1.10 bits per heavy atom. The fourth-order valence-electron chi connectivity index (χ4n) is 4.04. The van der Waals surface area contributed by atoms with Crippen molar-refractivity contribution in [2.24, 2.45) is 0 Å². The minimum absolute atomic E-state index is 0.0263. The van der Waals surface area contributed by atoms with Gasteiger partial charge in [-0.25, -0.2) is 4.79 Å². The summed E-state index contributed by atoms with van der Waals surface area (Å²) in [5.74, 6) is 1.15. The van der Waals surface area contributed by atoms with Crippen LogP contribution in [0.2, 0.25) is 0 Å². The lowest BCUT2D eigenvalue weighted by Crippen LogP contribution is -2.47. The van der Waals surface area contributed by atoms with Crippen LogP contribution in [0.3, 0.4) is 0 Å². The average Bonchev–Trinajstić information content (AvgIpc) is 3.12. The van der Waals surface area contributed by atoms with Crippen molar-refractivity contribution in [2.75, 3.05) is 37.1 Å². The highest BCUT2D eigenvalue weighted by Gasteiger charge is 2.33. The molecule has 152 valence electrons. The lowest BCUT2D eigenvalue weighted by Gasteiger charge is -2.30. The highest BCUT2D eigenvalue weighted by atomic mass is 16.5. The van der Waals surface area contributed by atoms with Crippen LogP contribution in [0.5, 0.6) is 11.5 Å². The molecule has 1 fully saturated rings. The smallest absolute Gasteiger partial charge is 0.322 e. The van der Waals surface area contributed by atoms with E-state index in [1.807, 2.05) is 24.3 Å². The van der Waals surface area contributed by atoms with E-state index in [1.165, 1.54) is 5.56 Å². The summed E-state index contributed by atoms with van der Waals surface area (Å²) >= 11 is 0. The molecule has 0 aliphatic carbocycles. The lowest BCUT2D eigenvalue weighted by atomic mass is 10.0. The molecule has 2 aromatic rings. The maximum Gasteiger partial charge on any atom is 0.322 e. The maximum absolute atomic E-state index is 12.9. The molecule has 1 saturated heterocycles. The van der Waals surface area contributed by atoms with Crippen LogP contribution in [-0.2, 0) is 11.2 Å². The largest absolute Gasteiger partial charge is 0.493 e. The van der Waals surface area contributed by atoms with E-state index in [4.69, 9.17) is 9.47 Å². The van der Waals surface area contributed by atoms with Crippen molar-refractivity contribution < 1.29 is 19.1 Å². The Hall–Kier alpha value is -3.22. The van der Waals surface area contributed by atoms with Gasteiger partial charge in [0.05, 0.1) is 20.3 Å². The molecule has 2 aliphatic rings. The summed E-state index contributed by atoms with van der Waals surface area (Å²) in [6.07, 6.45) is 2.19. The minimum Gasteiger partial charge on any atom is -0.493 e. The van der Waals surface area contributed by atoms with Crippen molar-refractivity contribution in [3.05, 3.63) is 48.0 Å². The quantitative estimate of drug-likeness (QED) is 0.864. The molecule has 2 heterocycles. The monoisotopic (exact) mass is 395 g/mol. The number of para-hydroxylation sites is 1. The fraction of sp³-hybridized carbons (Fsp3) is 0.364. The third-order valence-corrected chi connectivity index (χ3v) is 5.49. The number of hydrogen-bond donors (Lipinski definition) is 1. The Kier molecular flexibility index (Phi) is 5.29. The molecule has 0 saturated carbocycles. The topological polar surface area (TPSA) is 71.1 Å². The standard InChI is InChI=1S/C22H25N3O4/c1-28-19-10-9-17(13-20(19)29-2)25-14-16(12-21(25)26)23-22(27)24-11-5-7-15-6-3-4-8-18(15)24/h3-4,6,8-10,13,16H,5,7,11-12,14H2,1-2H3,(H,23,27)/t16-/m0/s1. The number of aryl methyl sites for hydroxylation is 1. The summed E-state index contributed by atoms with van der Waals surface area (Å²) in [5.41, 5.74) is 2.87. The van der Waals surface area contributed by atoms with E-state index < -0.39 is 0 Å². The Bertz CT molecular complexity index is 930. The van der Waals surface area contributed by atoms with Crippen LogP contribution < -0.4 is 24.6 Å². The van der Waals surface area contributed by atoms with Crippen molar-refractivity contribution >= 4 is 23.3 Å². The molecule has 7 nitrogen and oxygen atoms in total. The van der Waals surface area contributed by atoms with Gasteiger partial charge in [0.15, 0.2) is 11.5 Å². The second-order valence-corrected chi connectivity index (χ2v) is 7.28. The second-order valence-electron chi connectivity index (χ2n) is 7.28. The molecular formula is C22H25N3O4. The molecule has 1 N–H and O–H groups in total. The third-order valence-electron chi connectivity index (χ3n) is 5.49. The van der Waals surface area contributed by atoms with Gasteiger partial charge < -0.3 is 19.7 Å². The molecule has 1 atom stereocenters. The van der Waals surface area contributed by atoms with E-state index in [0.29, 0.717) is 24.6 Å². The van der Waals surface area contributed by atoms with E-state index in [-0.39, 0.29) is 24.4 Å². The number of rotatable bonds is 4. The fourth-order valence-corrected chi connectivity index (χ4v) is 4.04.